The van der Waals surface area contributed by atoms with Gasteiger partial charge in [-0.25, -0.2) is 9.50 Å². The molecule has 2 heterocycles. The first kappa shape index (κ1) is 15.8. The Morgan fingerprint density at radius 1 is 1.29 bits per heavy atom. The average Bonchev–Trinajstić information content (AvgIpc) is 2.91. The molecule has 0 aliphatic heterocycles. The molecule has 0 saturated heterocycles. The first-order valence-corrected chi connectivity index (χ1v) is 7.90. The maximum Gasteiger partial charge on any atom is 0.152 e. The summed E-state index contributed by atoms with van der Waals surface area (Å²) in [4.78, 5) is 4.44. The molecular weight excluding hydrogens is 262 g/mol. The van der Waals surface area contributed by atoms with Crippen LogP contribution in [0.3, 0.4) is 0 Å². The molecule has 3 N–H and O–H groups in total. The highest BCUT2D eigenvalue weighted by Gasteiger charge is 2.15. The van der Waals surface area contributed by atoms with Gasteiger partial charge in [0.25, 0.3) is 0 Å². The van der Waals surface area contributed by atoms with E-state index in [0.717, 1.165) is 36.4 Å². The van der Waals surface area contributed by atoms with E-state index < -0.39 is 0 Å². The number of anilines is 1. The Balaban J connectivity index is 2.15. The predicted octanol–water partition coefficient (Wildman–Crippen LogP) is 3.03. The molecule has 2 rings (SSSR count). The van der Waals surface area contributed by atoms with Gasteiger partial charge in [-0.15, -0.1) is 0 Å². The molecule has 2 aromatic heterocycles. The number of hydrogen-bond acceptors (Lipinski definition) is 4. The van der Waals surface area contributed by atoms with Gasteiger partial charge in [-0.05, 0) is 17.9 Å². The number of hydrogen-bond donors (Lipinski definition) is 2. The highest BCUT2D eigenvalue weighted by atomic mass is 15.2. The standard InChI is InChI=1S/C16H27N5/c1-5-12(6-2)13(17)10-19-16-15-9-14(11(3)4)20-21(15)8-7-18-16/h7-9,11-13H,5-6,10,17H2,1-4H3,(H,18,19). The minimum Gasteiger partial charge on any atom is -0.367 e. The van der Waals surface area contributed by atoms with Crippen LogP contribution in [0, 0.1) is 5.92 Å². The number of aromatic nitrogens is 3. The molecule has 2 aromatic rings. The van der Waals surface area contributed by atoms with Gasteiger partial charge >= 0.3 is 0 Å². The summed E-state index contributed by atoms with van der Waals surface area (Å²) in [6.45, 7) is 9.41. The van der Waals surface area contributed by atoms with Crippen LogP contribution in [0.2, 0.25) is 0 Å². The van der Waals surface area contributed by atoms with E-state index >= 15 is 0 Å². The number of nitrogens with zero attached hydrogens (tertiary/aromatic N) is 3. The zero-order chi connectivity index (χ0) is 15.4. The highest BCUT2D eigenvalue weighted by molar-refractivity contribution is 5.67. The van der Waals surface area contributed by atoms with Gasteiger partial charge in [0.1, 0.15) is 5.52 Å². The molecule has 0 bridgehead atoms. The van der Waals surface area contributed by atoms with Crippen LogP contribution in [0.4, 0.5) is 5.82 Å². The Bertz CT molecular complexity index is 571. The lowest BCUT2D eigenvalue weighted by Gasteiger charge is -2.21. The maximum atomic E-state index is 6.27. The third-order valence-electron chi connectivity index (χ3n) is 4.16. The molecular formula is C16H27N5. The van der Waals surface area contributed by atoms with Crippen LogP contribution in [-0.4, -0.2) is 27.2 Å². The summed E-state index contributed by atoms with van der Waals surface area (Å²) in [5.41, 5.74) is 8.36. The Kier molecular flexibility index (Phi) is 5.17. The molecule has 0 aliphatic carbocycles. The normalized spacial score (nSPS) is 13.3. The summed E-state index contributed by atoms with van der Waals surface area (Å²) in [6.07, 6.45) is 5.88. The van der Waals surface area contributed by atoms with Crippen LogP contribution < -0.4 is 11.1 Å². The molecule has 1 unspecified atom stereocenters. The number of nitrogens with two attached hydrogens (primary N) is 1. The van der Waals surface area contributed by atoms with Crippen LogP contribution in [0.5, 0.6) is 0 Å². The summed E-state index contributed by atoms with van der Waals surface area (Å²) in [6, 6.07) is 2.25. The smallest absolute Gasteiger partial charge is 0.152 e. The van der Waals surface area contributed by atoms with Crippen molar-refractivity contribution in [2.75, 3.05) is 11.9 Å². The van der Waals surface area contributed by atoms with Crippen LogP contribution >= 0.6 is 0 Å². The first-order chi connectivity index (χ1) is 10.1. The lowest BCUT2D eigenvalue weighted by molar-refractivity contribution is 0.407. The first-order valence-electron chi connectivity index (χ1n) is 7.90. The molecule has 5 nitrogen and oxygen atoms in total. The quantitative estimate of drug-likeness (QED) is 0.822. The Morgan fingerprint density at radius 2 is 2.00 bits per heavy atom. The molecule has 0 fully saturated rings. The van der Waals surface area contributed by atoms with Gasteiger partial charge in [-0.3, -0.25) is 0 Å². The van der Waals surface area contributed by atoms with E-state index in [0.29, 0.717) is 11.8 Å². The van der Waals surface area contributed by atoms with Gasteiger partial charge in [0, 0.05) is 25.0 Å². The summed E-state index contributed by atoms with van der Waals surface area (Å²) < 4.78 is 1.88. The van der Waals surface area contributed by atoms with E-state index in [2.05, 4.69) is 49.2 Å². The van der Waals surface area contributed by atoms with Crippen molar-refractivity contribution in [1.82, 2.24) is 14.6 Å². The van der Waals surface area contributed by atoms with Crippen molar-refractivity contribution in [3.8, 4) is 0 Å². The second-order valence-corrected chi connectivity index (χ2v) is 5.95. The van der Waals surface area contributed by atoms with Crippen LogP contribution in [0.1, 0.15) is 52.1 Å². The molecule has 0 aliphatic rings. The lowest BCUT2D eigenvalue weighted by atomic mass is 9.95. The second-order valence-electron chi connectivity index (χ2n) is 5.95. The third kappa shape index (κ3) is 3.53. The van der Waals surface area contributed by atoms with Gasteiger partial charge < -0.3 is 11.1 Å². The van der Waals surface area contributed by atoms with Crippen molar-refractivity contribution in [3.05, 3.63) is 24.2 Å². The molecule has 0 saturated carbocycles. The van der Waals surface area contributed by atoms with Crippen molar-refractivity contribution in [2.24, 2.45) is 11.7 Å². The predicted molar refractivity (Wildman–Crippen MR) is 87.6 cm³/mol. The van der Waals surface area contributed by atoms with Gasteiger partial charge in [0.2, 0.25) is 0 Å². The third-order valence-corrected chi connectivity index (χ3v) is 4.16. The second kappa shape index (κ2) is 6.89. The van der Waals surface area contributed by atoms with Crippen molar-refractivity contribution >= 4 is 11.3 Å². The van der Waals surface area contributed by atoms with Crippen LogP contribution in [-0.2, 0) is 0 Å². The Morgan fingerprint density at radius 3 is 2.62 bits per heavy atom. The number of nitrogens with one attached hydrogen (secondary N) is 1. The van der Waals surface area contributed by atoms with E-state index in [1.807, 2.05) is 10.7 Å². The number of fused-ring (bicyclic) bond motifs is 1. The molecule has 0 amide bonds. The summed E-state index contributed by atoms with van der Waals surface area (Å²) in [5, 5.41) is 7.96. The largest absolute Gasteiger partial charge is 0.367 e. The molecule has 0 aromatic carbocycles. The molecule has 0 spiro atoms. The van der Waals surface area contributed by atoms with Gasteiger partial charge in [0.05, 0.1) is 5.69 Å². The monoisotopic (exact) mass is 289 g/mol. The van der Waals surface area contributed by atoms with Gasteiger partial charge in [0.15, 0.2) is 5.82 Å². The van der Waals surface area contributed by atoms with Crippen molar-refractivity contribution in [1.29, 1.82) is 0 Å². The van der Waals surface area contributed by atoms with Crippen LogP contribution in [0.15, 0.2) is 18.5 Å². The number of rotatable bonds is 7. The summed E-state index contributed by atoms with van der Waals surface area (Å²) in [5.74, 6) is 1.82. The maximum absolute atomic E-state index is 6.27. The molecule has 5 heteroatoms. The van der Waals surface area contributed by atoms with E-state index in [-0.39, 0.29) is 6.04 Å². The minimum absolute atomic E-state index is 0.148. The van der Waals surface area contributed by atoms with Crippen molar-refractivity contribution < 1.29 is 0 Å². The van der Waals surface area contributed by atoms with Crippen LogP contribution in [0.25, 0.3) is 5.52 Å². The SMILES string of the molecule is CCC(CC)C(N)CNc1nccn2nc(C(C)C)cc12. The fraction of sp³-hybridized carbons (Fsp3) is 0.625. The van der Waals surface area contributed by atoms with E-state index in [1.165, 1.54) is 0 Å². The van der Waals surface area contributed by atoms with E-state index in [4.69, 9.17) is 5.73 Å². The zero-order valence-corrected chi connectivity index (χ0v) is 13.5. The molecule has 1 atom stereocenters. The fourth-order valence-corrected chi connectivity index (χ4v) is 2.63. The Labute approximate surface area is 126 Å². The Hall–Kier alpha value is -1.62. The average molecular weight is 289 g/mol. The zero-order valence-electron chi connectivity index (χ0n) is 13.5. The van der Waals surface area contributed by atoms with Crippen molar-refractivity contribution in [2.45, 2.75) is 52.5 Å². The van der Waals surface area contributed by atoms with E-state index in [9.17, 15) is 0 Å². The fourth-order valence-electron chi connectivity index (χ4n) is 2.63. The van der Waals surface area contributed by atoms with E-state index in [1.54, 1.807) is 6.20 Å². The minimum atomic E-state index is 0.148. The van der Waals surface area contributed by atoms with Crippen molar-refractivity contribution in [3.63, 3.8) is 0 Å². The lowest BCUT2D eigenvalue weighted by Crippen LogP contribution is -2.36. The van der Waals surface area contributed by atoms with Gasteiger partial charge in [-0.1, -0.05) is 40.5 Å². The summed E-state index contributed by atoms with van der Waals surface area (Å²) >= 11 is 0. The molecule has 0 radical (unpaired) electrons. The molecule has 21 heavy (non-hydrogen) atoms. The van der Waals surface area contributed by atoms with Gasteiger partial charge in [-0.2, -0.15) is 5.10 Å². The summed E-state index contributed by atoms with van der Waals surface area (Å²) in [7, 11) is 0. The molecule has 116 valence electrons. The highest BCUT2D eigenvalue weighted by Crippen LogP contribution is 2.20. The topological polar surface area (TPSA) is 68.2 Å².